The number of rotatable bonds is 5. The summed E-state index contributed by atoms with van der Waals surface area (Å²) in [5, 5.41) is 6.11. The van der Waals surface area contributed by atoms with Crippen LogP contribution in [0.1, 0.15) is 0 Å². The van der Waals surface area contributed by atoms with E-state index in [1.54, 1.807) is 13.3 Å². The van der Waals surface area contributed by atoms with Crippen LogP contribution in [-0.4, -0.2) is 71.4 Å². The molecule has 0 spiro atoms. The van der Waals surface area contributed by atoms with Crippen molar-refractivity contribution in [1.82, 2.24) is 24.9 Å². The van der Waals surface area contributed by atoms with Crippen LogP contribution in [0.3, 0.4) is 0 Å². The van der Waals surface area contributed by atoms with Crippen LogP contribution < -0.4 is 16.0 Å². The van der Waals surface area contributed by atoms with E-state index < -0.39 is 7.14 Å². The maximum atomic E-state index is 12.1. The molecule has 9 heteroatoms. The first-order chi connectivity index (χ1) is 11.9. The summed E-state index contributed by atoms with van der Waals surface area (Å²) in [7, 11) is -0.127. The molecule has 0 radical (unpaired) electrons. The smallest absolute Gasteiger partial charge is 0.242 e. The standard InChI is InChI=1S/C16H24N7OP/c1-22-8-10-23(11-9-22)21-16-18-12-17-15(20-16)19-13-4-6-14(7-5-13)25(2,3)24/h4-7,12H,8-11H2,1-3H3,(H2,17,18,19,20,21). The molecule has 25 heavy (non-hydrogen) atoms. The highest BCUT2D eigenvalue weighted by atomic mass is 31.2. The van der Waals surface area contributed by atoms with Gasteiger partial charge in [0.25, 0.3) is 0 Å². The Bertz CT molecular complexity index is 753. The average Bonchev–Trinajstić information content (AvgIpc) is 2.57. The van der Waals surface area contributed by atoms with Crippen LogP contribution in [0.25, 0.3) is 0 Å². The second-order valence-corrected chi connectivity index (χ2v) is 9.78. The lowest BCUT2D eigenvalue weighted by Gasteiger charge is -2.32. The van der Waals surface area contributed by atoms with Crippen LogP contribution in [0.4, 0.5) is 17.6 Å². The third-order valence-corrected chi connectivity index (χ3v) is 5.62. The number of hydrazine groups is 1. The molecule has 0 saturated carbocycles. The fourth-order valence-corrected chi connectivity index (χ4v) is 3.37. The Balaban J connectivity index is 1.64. The van der Waals surface area contributed by atoms with Gasteiger partial charge in [-0.2, -0.15) is 4.98 Å². The van der Waals surface area contributed by atoms with E-state index in [-0.39, 0.29) is 0 Å². The Morgan fingerprint density at radius 3 is 2.28 bits per heavy atom. The molecule has 1 aromatic carbocycles. The van der Waals surface area contributed by atoms with Gasteiger partial charge in [-0.15, -0.1) is 0 Å². The fraction of sp³-hybridized carbons (Fsp3) is 0.438. The third kappa shape index (κ3) is 4.98. The summed E-state index contributed by atoms with van der Waals surface area (Å²) in [6.45, 7) is 7.37. The van der Waals surface area contributed by atoms with E-state index in [1.807, 2.05) is 24.3 Å². The minimum absolute atomic E-state index is 0.468. The molecule has 2 N–H and O–H groups in total. The lowest BCUT2D eigenvalue weighted by Crippen LogP contribution is -2.47. The number of piperazine rings is 1. The number of aromatic nitrogens is 3. The minimum Gasteiger partial charge on any atom is -0.324 e. The third-order valence-electron chi connectivity index (χ3n) is 4.08. The largest absolute Gasteiger partial charge is 0.324 e. The summed E-state index contributed by atoms with van der Waals surface area (Å²) in [5.41, 5.74) is 4.07. The molecule has 2 aromatic rings. The minimum atomic E-state index is -2.24. The van der Waals surface area contributed by atoms with Crippen molar-refractivity contribution in [2.24, 2.45) is 0 Å². The van der Waals surface area contributed by atoms with Gasteiger partial charge in [0.15, 0.2) is 0 Å². The van der Waals surface area contributed by atoms with Crippen molar-refractivity contribution >= 4 is 30.0 Å². The molecule has 1 aliphatic rings. The zero-order chi connectivity index (χ0) is 17.9. The second-order valence-electron chi connectivity index (χ2n) is 6.56. The average molecular weight is 361 g/mol. The van der Waals surface area contributed by atoms with Crippen molar-refractivity contribution in [2.45, 2.75) is 0 Å². The summed E-state index contributed by atoms with van der Waals surface area (Å²) in [4.78, 5) is 15.0. The predicted molar refractivity (Wildman–Crippen MR) is 101 cm³/mol. The van der Waals surface area contributed by atoms with E-state index in [0.29, 0.717) is 11.9 Å². The van der Waals surface area contributed by atoms with Crippen LogP contribution in [0, 0.1) is 0 Å². The van der Waals surface area contributed by atoms with E-state index in [1.165, 1.54) is 6.33 Å². The van der Waals surface area contributed by atoms with Gasteiger partial charge < -0.3 is 14.8 Å². The van der Waals surface area contributed by atoms with Crippen LogP contribution in [-0.2, 0) is 4.57 Å². The van der Waals surface area contributed by atoms with Crippen molar-refractivity contribution in [2.75, 3.05) is 57.3 Å². The van der Waals surface area contributed by atoms with Gasteiger partial charge in [-0.05, 0) is 44.6 Å². The molecule has 0 aliphatic carbocycles. The highest BCUT2D eigenvalue weighted by molar-refractivity contribution is 7.70. The van der Waals surface area contributed by atoms with Gasteiger partial charge in [-0.1, -0.05) is 0 Å². The van der Waals surface area contributed by atoms with Crippen LogP contribution in [0.2, 0.25) is 0 Å². The molecule has 3 rings (SSSR count). The number of hydrogen-bond donors (Lipinski definition) is 2. The zero-order valence-electron chi connectivity index (χ0n) is 14.8. The van der Waals surface area contributed by atoms with Crippen molar-refractivity contribution in [1.29, 1.82) is 0 Å². The monoisotopic (exact) mass is 361 g/mol. The van der Waals surface area contributed by atoms with E-state index in [9.17, 15) is 4.57 Å². The van der Waals surface area contributed by atoms with Crippen LogP contribution >= 0.6 is 7.14 Å². The molecule has 2 heterocycles. The zero-order valence-corrected chi connectivity index (χ0v) is 15.7. The van der Waals surface area contributed by atoms with E-state index in [4.69, 9.17) is 0 Å². The first kappa shape index (κ1) is 17.8. The van der Waals surface area contributed by atoms with Gasteiger partial charge in [-0.25, -0.2) is 15.0 Å². The van der Waals surface area contributed by atoms with Crippen LogP contribution in [0.15, 0.2) is 30.6 Å². The molecule has 1 fully saturated rings. The Hall–Kier alpha value is -2.02. The van der Waals surface area contributed by atoms with Crippen molar-refractivity contribution < 1.29 is 4.57 Å². The quantitative estimate of drug-likeness (QED) is 0.774. The number of benzene rings is 1. The topological polar surface area (TPSA) is 86.3 Å². The first-order valence-electron chi connectivity index (χ1n) is 8.22. The van der Waals surface area contributed by atoms with E-state index in [2.05, 4.69) is 42.7 Å². The summed E-state index contributed by atoms with van der Waals surface area (Å²) in [6.07, 6.45) is 1.48. The SMILES string of the molecule is CN1CCN(Nc2ncnc(Nc3ccc(P(C)(C)=O)cc3)n2)CC1. The number of anilines is 3. The normalized spacial score (nSPS) is 16.6. The molecule has 8 nitrogen and oxygen atoms in total. The second kappa shape index (κ2) is 7.47. The molecule has 0 unspecified atom stereocenters. The van der Waals surface area contributed by atoms with Gasteiger partial charge in [0, 0.05) is 37.2 Å². The molecule has 1 aromatic heterocycles. The van der Waals surface area contributed by atoms with Gasteiger partial charge in [0.2, 0.25) is 11.9 Å². The Morgan fingerprint density at radius 1 is 1.00 bits per heavy atom. The molecular weight excluding hydrogens is 337 g/mol. The highest BCUT2D eigenvalue weighted by Crippen LogP contribution is 2.34. The van der Waals surface area contributed by atoms with Gasteiger partial charge in [0.05, 0.1) is 0 Å². The molecule has 0 bridgehead atoms. The number of likely N-dealkylation sites (N-methyl/N-ethyl adjacent to an activating group) is 1. The maximum Gasteiger partial charge on any atom is 0.242 e. The Labute approximate surface area is 148 Å². The molecular formula is C16H24N7OP. The van der Waals surface area contributed by atoms with Crippen molar-refractivity contribution in [3.63, 3.8) is 0 Å². The van der Waals surface area contributed by atoms with E-state index in [0.717, 1.165) is 37.2 Å². The Morgan fingerprint density at radius 2 is 1.64 bits per heavy atom. The summed E-state index contributed by atoms with van der Waals surface area (Å²) in [6, 6.07) is 7.50. The van der Waals surface area contributed by atoms with Gasteiger partial charge in [0.1, 0.15) is 13.5 Å². The molecule has 1 saturated heterocycles. The maximum absolute atomic E-state index is 12.1. The summed E-state index contributed by atoms with van der Waals surface area (Å²) >= 11 is 0. The molecule has 0 atom stereocenters. The Kier molecular flexibility index (Phi) is 5.32. The summed E-state index contributed by atoms with van der Waals surface area (Å²) in [5.74, 6) is 0.987. The van der Waals surface area contributed by atoms with Crippen LogP contribution in [0.5, 0.6) is 0 Å². The summed E-state index contributed by atoms with van der Waals surface area (Å²) < 4.78 is 12.1. The van der Waals surface area contributed by atoms with Crippen molar-refractivity contribution in [3.05, 3.63) is 30.6 Å². The lowest BCUT2D eigenvalue weighted by atomic mass is 10.3. The molecule has 134 valence electrons. The molecule has 1 aliphatic heterocycles. The van der Waals surface area contributed by atoms with Gasteiger partial charge in [-0.3, -0.25) is 5.43 Å². The van der Waals surface area contributed by atoms with E-state index >= 15 is 0 Å². The number of nitrogens with one attached hydrogen (secondary N) is 2. The molecule has 0 amide bonds. The fourth-order valence-electron chi connectivity index (χ4n) is 2.50. The predicted octanol–water partition coefficient (Wildman–Crippen LogP) is 1.44. The highest BCUT2D eigenvalue weighted by Gasteiger charge is 2.15. The number of nitrogens with zero attached hydrogens (tertiary/aromatic N) is 5. The van der Waals surface area contributed by atoms with Crippen molar-refractivity contribution in [3.8, 4) is 0 Å². The number of hydrogen-bond acceptors (Lipinski definition) is 8. The van der Waals surface area contributed by atoms with Gasteiger partial charge >= 0.3 is 0 Å². The first-order valence-corrected chi connectivity index (χ1v) is 10.8. The lowest BCUT2D eigenvalue weighted by molar-refractivity contribution is 0.178.